The van der Waals surface area contributed by atoms with Crippen LogP contribution in [0.1, 0.15) is 11.1 Å². The van der Waals surface area contributed by atoms with E-state index in [1.165, 1.54) is 11.1 Å². The number of fused-ring (bicyclic) bond motifs is 2. The molecule has 1 heterocycles. The van der Waals surface area contributed by atoms with Crippen LogP contribution < -0.4 is 4.74 Å². The van der Waals surface area contributed by atoms with Crippen molar-refractivity contribution in [3.8, 4) is 11.5 Å². The Balaban J connectivity index is 0.000000640. The van der Waals surface area contributed by atoms with Crippen molar-refractivity contribution in [1.29, 1.82) is 0 Å². The zero-order valence-corrected chi connectivity index (χ0v) is 7.73. The first-order valence-electron chi connectivity index (χ1n) is 4.77. The van der Waals surface area contributed by atoms with Crippen molar-refractivity contribution in [2.24, 2.45) is 0 Å². The molecule has 1 nitrogen and oxygen atoms in total. The van der Waals surface area contributed by atoms with Crippen LogP contribution >= 0.6 is 0 Å². The Bertz CT molecular complexity index is 395. The second kappa shape index (κ2) is 6.25. The smallest absolute Gasteiger partial charge is 0.130 e. The zero-order chi connectivity index (χ0) is 9.38. The van der Waals surface area contributed by atoms with Gasteiger partial charge in [-0.25, -0.2) is 0 Å². The van der Waals surface area contributed by atoms with Crippen molar-refractivity contribution in [2.75, 3.05) is 0 Å². The summed E-state index contributed by atoms with van der Waals surface area (Å²) in [7, 11) is 0. The zero-order valence-electron chi connectivity index (χ0n) is 7.73. The summed E-state index contributed by atoms with van der Waals surface area (Å²) in [6, 6.07) is 16.4. The fourth-order valence-corrected chi connectivity index (χ4v) is 1.82. The summed E-state index contributed by atoms with van der Waals surface area (Å²) < 4.78 is 5.78. The Kier molecular flexibility index (Phi) is 5.58. The van der Waals surface area contributed by atoms with E-state index in [9.17, 15) is 0 Å². The van der Waals surface area contributed by atoms with Crippen LogP contribution in [-0.4, -0.2) is 59.1 Å². The molecule has 0 radical (unpaired) electrons. The molecule has 0 unspecified atom stereocenters. The first-order valence-corrected chi connectivity index (χ1v) is 4.77. The first kappa shape index (κ1) is 14.3. The Labute approximate surface area is 140 Å². The van der Waals surface area contributed by atoms with E-state index < -0.39 is 0 Å². The third-order valence-electron chi connectivity index (χ3n) is 2.55. The molecule has 3 heteroatoms. The van der Waals surface area contributed by atoms with Crippen LogP contribution in [-0.2, 0) is 6.42 Å². The topological polar surface area (TPSA) is 9.23 Å². The number of rotatable bonds is 0. The maximum absolute atomic E-state index is 5.78. The summed E-state index contributed by atoms with van der Waals surface area (Å²) >= 11 is 0. The van der Waals surface area contributed by atoms with Crippen molar-refractivity contribution < 1.29 is 4.74 Å². The Morgan fingerprint density at radius 3 is 1.62 bits per heavy atom. The van der Waals surface area contributed by atoms with Gasteiger partial charge in [-0.15, -0.1) is 0 Å². The molecule has 0 fully saturated rings. The number of benzene rings is 2. The van der Waals surface area contributed by atoms with Gasteiger partial charge in [0.05, 0.1) is 0 Å². The first-order chi connectivity index (χ1) is 6.93. The monoisotopic (exact) mass is 230 g/mol. The van der Waals surface area contributed by atoms with Gasteiger partial charge in [-0.1, -0.05) is 36.4 Å². The van der Waals surface area contributed by atoms with Gasteiger partial charge in [0, 0.05) is 6.42 Å². The molecule has 1 aliphatic heterocycles. The van der Waals surface area contributed by atoms with E-state index in [-0.39, 0.29) is 59.1 Å². The minimum Gasteiger partial charge on any atom is -0.457 e. The maximum Gasteiger partial charge on any atom is 0.130 e. The normalized spacial score (nSPS) is 11.0. The standard InChI is InChI=1S/C13H10O.2Na.2H/c1-3-7-12-10(5-1)9-11-6-2-4-8-13(11)14-12;;;;/h1-8H,9H2;;;;. The largest absolute Gasteiger partial charge is 0.457 e. The van der Waals surface area contributed by atoms with Crippen LogP contribution in [0.25, 0.3) is 0 Å². The van der Waals surface area contributed by atoms with E-state index in [1.807, 2.05) is 24.3 Å². The van der Waals surface area contributed by atoms with Gasteiger partial charge in [0.2, 0.25) is 0 Å². The minimum atomic E-state index is 0. The summed E-state index contributed by atoms with van der Waals surface area (Å²) in [5, 5.41) is 0. The summed E-state index contributed by atoms with van der Waals surface area (Å²) in [5.74, 6) is 1.98. The Morgan fingerprint density at radius 1 is 0.688 bits per heavy atom. The van der Waals surface area contributed by atoms with Crippen LogP contribution in [0.4, 0.5) is 0 Å². The predicted molar refractivity (Wildman–Crippen MR) is 70.1 cm³/mol. The molecule has 3 rings (SSSR count). The van der Waals surface area contributed by atoms with Crippen molar-refractivity contribution in [1.82, 2.24) is 0 Å². The van der Waals surface area contributed by atoms with Gasteiger partial charge in [0.15, 0.2) is 0 Å². The molecule has 72 valence electrons. The van der Waals surface area contributed by atoms with Crippen LogP contribution in [0.2, 0.25) is 0 Å². The fraction of sp³-hybridized carbons (Fsp3) is 0.0769. The summed E-state index contributed by atoms with van der Waals surface area (Å²) in [4.78, 5) is 0. The molecule has 0 saturated carbocycles. The van der Waals surface area contributed by atoms with E-state index in [1.54, 1.807) is 0 Å². The SMILES string of the molecule is [NaH].[NaH].c1ccc2c(c1)Cc1ccccc1O2. The van der Waals surface area contributed by atoms with Crippen molar-refractivity contribution in [3.63, 3.8) is 0 Å². The number of hydrogen-bond acceptors (Lipinski definition) is 1. The second-order valence-corrected chi connectivity index (χ2v) is 3.49. The van der Waals surface area contributed by atoms with E-state index in [0.29, 0.717) is 0 Å². The van der Waals surface area contributed by atoms with Gasteiger partial charge in [-0.3, -0.25) is 0 Å². The molecule has 0 N–H and O–H groups in total. The van der Waals surface area contributed by atoms with Gasteiger partial charge in [-0.05, 0) is 23.3 Å². The average molecular weight is 230 g/mol. The summed E-state index contributed by atoms with van der Waals surface area (Å²) in [6.45, 7) is 0. The van der Waals surface area contributed by atoms with Crippen LogP contribution in [0, 0.1) is 0 Å². The second-order valence-electron chi connectivity index (χ2n) is 3.49. The molecule has 1 aliphatic rings. The van der Waals surface area contributed by atoms with Crippen LogP contribution in [0.15, 0.2) is 48.5 Å². The molecule has 0 atom stereocenters. The third-order valence-corrected chi connectivity index (χ3v) is 2.55. The van der Waals surface area contributed by atoms with E-state index >= 15 is 0 Å². The van der Waals surface area contributed by atoms with E-state index in [0.717, 1.165) is 17.9 Å². The summed E-state index contributed by atoms with van der Waals surface area (Å²) in [6.07, 6.45) is 0.979. The molecule has 0 spiro atoms. The van der Waals surface area contributed by atoms with E-state index in [2.05, 4.69) is 24.3 Å². The van der Waals surface area contributed by atoms with Crippen LogP contribution in [0.3, 0.4) is 0 Å². The Hall–Kier alpha value is 0.240. The van der Waals surface area contributed by atoms with Gasteiger partial charge < -0.3 is 4.74 Å². The molecule has 0 bridgehead atoms. The van der Waals surface area contributed by atoms with Crippen molar-refractivity contribution >= 4 is 59.1 Å². The number of ether oxygens (including phenoxy) is 1. The molecule has 0 saturated heterocycles. The molecule has 2 aromatic rings. The van der Waals surface area contributed by atoms with Gasteiger partial charge in [0.25, 0.3) is 0 Å². The quantitative estimate of drug-likeness (QED) is 0.537. The van der Waals surface area contributed by atoms with Gasteiger partial charge in [-0.2, -0.15) is 0 Å². The number of hydrogen-bond donors (Lipinski definition) is 0. The Morgan fingerprint density at radius 2 is 1.12 bits per heavy atom. The molecule has 16 heavy (non-hydrogen) atoms. The fourth-order valence-electron chi connectivity index (χ4n) is 1.82. The molecular formula is C13H12Na2O. The molecule has 0 aliphatic carbocycles. The molecule has 0 aromatic heterocycles. The van der Waals surface area contributed by atoms with E-state index in [4.69, 9.17) is 4.74 Å². The minimum absolute atomic E-state index is 0. The molecule has 2 aromatic carbocycles. The summed E-state index contributed by atoms with van der Waals surface area (Å²) in [5.41, 5.74) is 2.54. The van der Waals surface area contributed by atoms with Crippen LogP contribution in [0.5, 0.6) is 11.5 Å². The third kappa shape index (κ3) is 2.73. The molecule has 0 amide bonds. The van der Waals surface area contributed by atoms with Gasteiger partial charge in [0.1, 0.15) is 11.5 Å². The van der Waals surface area contributed by atoms with Crippen molar-refractivity contribution in [3.05, 3.63) is 59.7 Å². The number of para-hydroxylation sites is 2. The van der Waals surface area contributed by atoms with Crippen molar-refractivity contribution in [2.45, 2.75) is 6.42 Å². The molecular weight excluding hydrogens is 218 g/mol. The van der Waals surface area contributed by atoms with Gasteiger partial charge >= 0.3 is 59.1 Å². The average Bonchev–Trinajstić information content (AvgIpc) is 2.26. The maximum atomic E-state index is 5.78. The predicted octanol–water partition coefficient (Wildman–Crippen LogP) is 2.09.